The summed E-state index contributed by atoms with van der Waals surface area (Å²) in [7, 11) is 0. The van der Waals surface area contributed by atoms with E-state index in [9.17, 15) is 4.39 Å². The van der Waals surface area contributed by atoms with Crippen molar-refractivity contribution in [3.8, 4) is 0 Å². The standard InChI is InChI=1S/C9H10FNS.BrH/c10-6-9(11)12-7-8-4-2-1-3-5-8;/h1-5,11H,6-7H2;1H. The van der Waals surface area contributed by atoms with E-state index in [1.165, 1.54) is 17.3 Å². The zero-order chi connectivity index (χ0) is 8.81. The molecule has 13 heavy (non-hydrogen) atoms. The van der Waals surface area contributed by atoms with Gasteiger partial charge in [-0.1, -0.05) is 42.1 Å². The number of hydrogen-bond donors (Lipinski definition) is 1. The highest BCUT2D eigenvalue weighted by Crippen LogP contribution is 2.11. The van der Waals surface area contributed by atoms with E-state index in [2.05, 4.69) is 0 Å². The van der Waals surface area contributed by atoms with E-state index in [0.29, 0.717) is 5.04 Å². The van der Waals surface area contributed by atoms with Gasteiger partial charge in [0.05, 0.1) is 0 Å². The lowest BCUT2D eigenvalue weighted by Gasteiger charge is -1.96. The smallest absolute Gasteiger partial charge is 0.239 e. The van der Waals surface area contributed by atoms with Gasteiger partial charge in [0, 0.05) is 5.75 Å². The number of hydrogen-bond acceptors (Lipinski definition) is 1. The third-order valence-electron chi connectivity index (χ3n) is 1.40. The summed E-state index contributed by atoms with van der Waals surface area (Å²) in [6, 6.07) is 9.87. The van der Waals surface area contributed by atoms with Crippen LogP contribution in [0, 0.1) is 0 Å². The van der Waals surface area contributed by atoms with Gasteiger partial charge in [-0.05, 0) is 5.56 Å². The zero-order valence-corrected chi connectivity index (χ0v) is 9.44. The van der Waals surface area contributed by atoms with Gasteiger partial charge in [-0.25, -0.2) is 4.39 Å². The largest absolute Gasteiger partial charge is 1.00 e. The Morgan fingerprint density at radius 2 is 1.92 bits per heavy atom. The molecule has 0 aromatic heterocycles. The van der Waals surface area contributed by atoms with Gasteiger partial charge in [0.1, 0.15) is 0 Å². The van der Waals surface area contributed by atoms with E-state index < -0.39 is 6.67 Å². The minimum Gasteiger partial charge on any atom is -1.00 e. The second-order valence-corrected chi connectivity index (χ2v) is 3.48. The molecule has 72 valence electrons. The van der Waals surface area contributed by atoms with Crippen molar-refractivity contribution in [2.24, 2.45) is 0 Å². The summed E-state index contributed by atoms with van der Waals surface area (Å²) >= 11 is 1.35. The van der Waals surface area contributed by atoms with Crippen molar-refractivity contribution in [2.45, 2.75) is 5.75 Å². The van der Waals surface area contributed by atoms with E-state index in [-0.39, 0.29) is 17.0 Å². The van der Waals surface area contributed by atoms with Crippen LogP contribution in [-0.4, -0.2) is 11.7 Å². The highest BCUT2D eigenvalue weighted by molar-refractivity contribution is 8.13. The molecule has 0 spiro atoms. The monoisotopic (exact) mass is 263 g/mol. The number of rotatable bonds is 3. The predicted octanol–water partition coefficient (Wildman–Crippen LogP) is -1.95. The maximum absolute atomic E-state index is 11.9. The second-order valence-electron chi connectivity index (χ2n) is 2.37. The Hall–Kier alpha value is -0.350. The van der Waals surface area contributed by atoms with Crippen molar-refractivity contribution >= 4 is 16.8 Å². The highest BCUT2D eigenvalue weighted by Gasteiger charge is 2.02. The van der Waals surface area contributed by atoms with Gasteiger partial charge < -0.3 is 17.0 Å². The van der Waals surface area contributed by atoms with Gasteiger partial charge in [0.25, 0.3) is 0 Å². The van der Waals surface area contributed by atoms with Crippen LogP contribution in [0.15, 0.2) is 30.3 Å². The van der Waals surface area contributed by atoms with E-state index in [4.69, 9.17) is 5.41 Å². The first kappa shape index (κ1) is 12.7. The molecule has 1 aromatic carbocycles. The van der Waals surface area contributed by atoms with Gasteiger partial charge in [0.2, 0.25) is 5.04 Å². The maximum Gasteiger partial charge on any atom is 0.239 e. The summed E-state index contributed by atoms with van der Waals surface area (Å²) in [5.74, 6) is 0.747. The molecule has 0 atom stereocenters. The van der Waals surface area contributed by atoms with Gasteiger partial charge >= 0.3 is 0 Å². The molecule has 0 unspecified atom stereocenters. The second kappa shape index (κ2) is 7.09. The number of nitrogens with two attached hydrogens (primary N) is 1. The summed E-state index contributed by atoms with van der Waals surface area (Å²) < 4.78 is 11.9. The third-order valence-corrected chi connectivity index (χ3v) is 2.36. The van der Waals surface area contributed by atoms with Crippen LogP contribution in [0.25, 0.3) is 0 Å². The molecule has 0 aliphatic rings. The molecule has 2 N–H and O–H groups in total. The molecule has 0 bridgehead atoms. The maximum atomic E-state index is 11.9. The number of benzene rings is 1. The summed E-state index contributed by atoms with van der Waals surface area (Å²) in [5.41, 5.74) is 1.17. The van der Waals surface area contributed by atoms with Gasteiger partial charge in [-0.2, -0.15) is 0 Å². The first-order valence-corrected chi connectivity index (χ1v) is 4.65. The molecule has 0 heterocycles. The minimum absolute atomic E-state index is 0. The quantitative estimate of drug-likeness (QED) is 0.498. The Morgan fingerprint density at radius 1 is 1.31 bits per heavy atom. The molecular formula is C9H11BrFNS. The minimum atomic E-state index is -0.544. The molecule has 0 amide bonds. The lowest BCUT2D eigenvalue weighted by molar-refractivity contribution is -0.111. The predicted molar refractivity (Wildman–Crippen MR) is 50.6 cm³/mol. The molecule has 0 saturated heterocycles. The average molecular weight is 264 g/mol. The van der Waals surface area contributed by atoms with Gasteiger partial charge in [-0.3, -0.25) is 5.41 Å². The molecule has 0 aliphatic carbocycles. The van der Waals surface area contributed by atoms with Crippen molar-refractivity contribution < 1.29 is 26.8 Å². The lowest BCUT2D eigenvalue weighted by Crippen LogP contribution is -3.00. The number of thioether (sulfide) groups is 1. The first-order valence-electron chi connectivity index (χ1n) is 3.67. The van der Waals surface area contributed by atoms with Gasteiger partial charge in [-0.15, -0.1) is 0 Å². The zero-order valence-electron chi connectivity index (χ0n) is 7.04. The SMILES string of the molecule is [Br-].[NH2+]=C(CF)SCc1ccccc1. The first-order chi connectivity index (χ1) is 5.83. The summed E-state index contributed by atoms with van der Waals surface area (Å²) in [5, 5.41) is 5.67. The summed E-state index contributed by atoms with van der Waals surface area (Å²) in [4.78, 5) is 0. The normalized spacial score (nSPS) is 9.00. The van der Waals surface area contributed by atoms with Crippen LogP contribution in [0.3, 0.4) is 0 Å². The van der Waals surface area contributed by atoms with Crippen molar-refractivity contribution in [1.82, 2.24) is 0 Å². The Morgan fingerprint density at radius 3 is 2.46 bits per heavy atom. The average Bonchev–Trinajstić information content (AvgIpc) is 2.16. The van der Waals surface area contributed by atoms with Crippen LogP contribution in [0.1, 0.15) is 5.56 Å². The fourth-order valence-electron chi connectivity index (χ4n) is 0.789. The fourth-order valence-corrected chi connectivity index (χ4v) is 1.41. The number of alkyl halides is 1. The molecule has 0 fully saturated rings. The van der Waals surface area contributed by atoms with E-state index in [1.807, 2.05) is 30.3 Å². The molecule has 1 aromatic rings. The van der Waals surface area contributed by atoms with Crippen LogP contribution in [0.2, 0.25) is 0 Å². The molecule has 4 heteroatoms. The highest BCUT2D eigenvalue weighted by atomic mass is 79.9. The van der Waals surface area contributed by atoms with E-state index in [1.54, 1.807) is 0 Å². The molecule has 0 saturated carbocycles. The Kier molecular flexibility index (Phi) is 6.90. The molecule has 0 radical (unpaired) electrons. The molecule has 1 rings (SSSR count). The van der Waals surface area contributed by atoms with Gasteiger partial charge in [0.15, 0.2) is 6.67 Å². The molecule has 0 aliphatic heterocycles. The Bertz CT molecular complexity index is 253. The number of halogens is 2. The van der Waals surface area contributed by atoms with Crippen LogP contribution in [0.5, 0.6) is 0 Å². The van der Waals surface area contributed by atoms with Crippen LogP contribution >= 0.6 is 11.8 Å². The molecular weight excluding hydrogens is 253 g/mol. The summed E-state index contributed by atoms with van der Waals surface area (Å²) in [6.45, 7) is -0.544. The van der Waals surface area contributed by atoms with Crippen LogP contribution < -0.4 is 22.4 Å². The van der Waals surface area contributed by atoms with Crippen molar-refractivity contribution in [2.75, 3.05) is 6.67 Å². The van der Waals surface area contributed by atoms with E-state index in [0.717, 1.165) is 5.75 Å². The topological polar surface area (TPSA) is 25.6 Å². The lowest BCUT2D eigenvalue weighted by atomic mass is 10.2. The van der Waals surface area contributed by atoms with Crippen molar-refractivity contribution in [3.05, 3.63) is 35.9 Å². The van der Waals surface area contributed by atoms with E-state index >= 15 is 0 Å². The van der Waals surface area contributed by atoms with Crippen molar-refractivity contribution in [1.29, 1.82) is 0 Å². The Labute approximate surface area is 92.0 Å². The summed E-state index contributed by atoms with van der Waals surface area (Å²) in [6.07, 6.45) is 0. The van der Waals surface area contributed by atoms with Crippen LogP contribution in [-0.2, 0) is 5.75 Å². The molecule has 1 nitrogen and oxygen atoms in total. The van der Waals surface area contributed by atoms with Crippen LogP contribution in [0.4, 0.5) is 4.39 Å². The Balaban J connectivity index is 0.00000144. The third kappa shape index (κ3) is 5.05. The fraction of sp³-hybridized carbons (Fsp3) is 0.222. The van der Waals surface area contributed by atoms with Crippen molar-refractivity contribution in [3.63, 3.8) is 0 Å².